The first-order valence-electron chi connectivity index (χ1n) is 5.66. The second-order valence-corrected chi connectivity index (χ2v) is 4.72. The zero-order valence-electron chi connectivity index (χ0n) is 9.59. The van der Waals surface area contributed by atoms with Gasteiger partial charge in [0, 0.05) is 12.8 Å². The lowest BCUT2D eigenvalue weighted by atomic mass is 9.93. The molecule has 2 heterocycles. The zero-order valence-corrected chi connectivity index (χ0v) is 9.59. The van der Waals surface area contributed by atoms with Crippen LogP contribution < -0.4 is 0 Å². The van der Waals surface area contributed by atoms with E-state index in [0.29, 0.717) is 12.8 Å². The molecular formula is C11H15NO5. The number of carbonyl (C=O) groups excluding carboxylic acids is 2. The van der Waals surface area contributed by atoms with E-state index < -0.39 is 17.9 Å². The van der Waals surface area contributed by atoms with Crippen molar-refractivity contribution in [2.24, 2.45) is 11.8 Å². The quantitative estimate of drug-likeness (QED) is 0.681. The maximum Gasteiger partial charge on any atom is 0.311 e. The van der Waals surface area contributed by atoms with Gasteiger partial charge in [0.05, 0.1) is 19.3 Å². The van der Waals surface area contributed by atoms with Gasteiger partial charge in [-0.15, -0.1) is 0 Å². The van der Waals surface area contributed by atoms with Crippen LogP contribution in [0, 0.1) is 11.8 Å². The van der Waals surface area contributed by atoms with Gasteiger partial charge in [0.25, 0.3) is 0 Å². The Morgan fingerprint density at radius 3 is 2.41 bits per heavy atom. The number of ether oxygens (including phenoxy) is 1. The lowest BCUT2D eigenvalue weighted by Gasteiger charge is -2.33. The number of hydrogen-bond donors (Lipinski definition) is 1. The molecule has 94 valence electrons. The summed E-state index contributed by atoms with van der Waals surface area (Å²) in [6.07, 6.45) is 0.600. The molecule has 0 aromatic heterocycles. The summed E-state index contributed by atoms with van der Waals surface area (Å²) < 4.78 is 5.08. The molecule has 2 rings (SSSR count). The fraction of sp³-hybridized carbons (Fsp3) is 0.727. The van der Waals surface area contributed by atoms with Gasteiger partial charge in [-0.25, -0.2) is 0 Å². The highest BCUT2D eigenvalue weighted by Gasteiger charge is 2.44. The molecule has 2 saturated heterocycles. The molecule has 6 heteroatoms. The Balaban J connectivity index is 2.18. The van der Waals surface area contributed by atoms with E-state index in [1.54, 1.807) is 0 Å². The fourth-order valence-corrected chi connectivity index (χ4v) is 2.41. The van der Waals surface area contributed by atoms with E-state index in [-0.39, 0.29) is 30.9 Å². The van der Waals surface area contributed by atoms with Gasteiger partial charge >= 0.3 is 5.97 Å². The number of rotatable bonds is 2. The number of nitrogens with zero attached hydrogens (tertiary/aromatic N) is 1. The largest absolute Gasteiger partial charge is 0.481 e. The Morgan fingerprint density at radius 1 is 1.29 bits per heavy atom. The number of carboxylic acids is 1. The standard InChI is InChI=1S/C11H15NO5/c1-6-2-9(13)12(10(14)3-6)8-5-17-4-7(8)11(15)16/h6-8H,2-5H2,1H3,(H,15,16). The summed E-state index contributed by atoms with van der Waals surface area (Å²) in [4.78, 5) is 35.8. The molecule has 2 aliphatic heterocycles. The van der Waals surface area contributed by atoms with Gasteiger partial charge in [0.2, 0.25) is 11.8 Å². The molecule has 2 unspecified atom stereocenters. The third-order valence-corrected chi connectivity index (χ3v) is 3.28. The van der Waals surface area contributed by atoms with Crippen LogP contribution in [0.4, 0.5) is 0 Å². The van der Waals surface area contributed by atoms with Crippen LogP contribution in [0.25, 0.3) is 0 Å². The Labute approximate surface area is 98.5 Å². The van der Waals surface area contributed by atoms with Crippen molar-refractivity contribution < 1.29 is 24.2 Å². The molecular weight excluding hydrogens is 226 g/mol. The molecule has 6 nitrogen and oxygen atoms in total. The predicted molar refractivity (Wildman–Crippen MR) is 56.0 cm³/mol. The molecule has 0 aromatic carbocycles. The van der Waals surface area contributed by atoms with Crippen LogP contribution in [-0.2, 0) is 19.1 Å². The van der Waals surface area contributed by atoms with Gasteiger partial charge in [-0.3, -0.25) is 19.3 Å². The van der Waals surface area contributed by atoms with Gasteiger partial charge in [0.1, 0.15) is 5.92 Å². The van der Waals surface area contributed by atoms with Crippen molar-refractivity contribution in [2.75, 3.05) is 13.2 Å². The summed E-state index contributed by atoms with van der Waals surface area (Å²) >= 11 is 0. The van der Waals surface area contributed by atoms with Crippen molar-refractivity contribution in [3.05, 3.63) is 0 Å². The van der Waals surface area contributed by atoms with Crippen LogP contribution in [0.2, 0.25) is 0 Å². The van der Waals surface area contributed by atoms with Crippen LogP contribution in [-0.4, -0.2) is 47.0 Å². The second-order valence-electron chi connectivity index (χ2n) is 4.72. The molecule has 0 saturated carbocycles. The third kappa shape index (κ3) is 2.17. The van der Waals surface area contributed by atoms with Crippen molar-refractivity contribution in [3.8, 4) is 0 Å². The van der Waals surface area contributed by atoms with E-state index >= 15 is 0 Å². The van der Waals surface area contributed by atoms with Gasteiger partial charge < -0.3 is 9.84 Å². The smallest absolute Gasteiger partial charge is 0.311 e. The lowest BCUT2D eigenvalue weighted by molar-refractivity contribution is -0.155. The Bertz CT molecular complexity index is 349. The van der Waals surface area contributed by atoms with E-state index in [1.165, 1.54) is 0 Å². The molecule has 0 aromatic rings. The topological polar surface area (TPSA) is 83.9 Å². The predicted octanol–water partition coefficient (Wildman–Crippen LogP) is -0.129. The molecule has 0 aliphatic carbocycles. The van der Waals surface area contributed by atoms with Crippen LogP contribution in [0.5, 0.6) is 0 Å². The van der Waals surface area contributed by atoms with Crippen molar-refractivity contribution in [3.63, 3.8) is 0 Å². The molecule has 17 heavy (non-hydrogen) atoms. The molecule has 0 spiro atoms. The number of amides is 2. The van der Waals surface area contributed by atoms with E-state index in [0.717, 1.165) is 4.90 Å². The number of carbonyl (C=O) groups is 3. The van der Waals surface area contributed by atoms with Gasteiger partial charge in [0.15, 0.2) is 0 Å². The first-order chi connectivity index (χ1) is 8.00. The van der Waals surface area contributed by atoms with Gasteiger partial charge in [-0.2, -0.15) is 0 Å². The summed E-state index contributed by atoms with van der Waals surface area (Å²) in [5.41, 5.74) is 0. The molecule has 2 fully saturated rings. The normalized spacial score (nSPS) is 31.0. The maximum atomic E-state index is 11.8. The summed E-state index contributed by atoms with van der Waals surface area (Å²) in [5.74, 6) is -2.34. The Hall–Kier alpha value is -1.43. The molecule has 2 atom stereocenters. The minimum absolute atomic E-state index is 0.0387. The summed E-state index contributed by atoms with van der Waals surface area (Å²) in [6, 6.07) is -0.639. The average molecular weight is 241 g/mol. The van der Waals surface area contributed by atoms with Crippen LogP contribution >= 0.6 is 0 Å². The third-order valence-electron chi connectivity index (χ3n) is 3.28. The van der Waals surface area contributed by atoms with E-state index in [9.17, 15) is 14.4 Å². The van der Waals surface area contributed by atoms with E-state index in [2.05, 4.69) is 0 Å². The first kappa shape index (κ1) is 12.0. The molecule has 0 radical (unpaired) electrons. The highest BCUT2D eigenvalue weighted by Crippen LogP contribution is 2.27. The molecule has 2 aliphatic rings. The van der Waals surface area contributed by atoms with E-state index in [4.69, 9.17) is 9.84 Å². The molecule has 0 bridgehead atoms. The maximum absolute atomic E-state index is 11.8. The minimum Gasteiger partial charge on any atom is -0.481 e. The highest BCUT2D eigenvalue weighted by molar-refractivity contribution is 5.98. The SMILES string of the molecule is CC1CC(=O)N(C2COCC2C(=O)O)C(=O)C1. The van der Waals surface area contributed by atoms with Gasteiger partial charge in [-0.05, 0) is 5.92 Å². The second kappa shape index (κ2) is 4.44. The lowest BCUT2D eigenvalue weighted by Crippen LogP contribution is -2.52. The van der Waals surface area contributed by atoms with Crippen molar-refractivity contribution in [1.82, 2.24) is 4.90 Å². The monoisotopic (exact) mass is 241 g/mol. The number of carboxylic acid groups (broad SMARTS) is 1. The highest BCUT2D eigenvalue weighted by atomic mass is 16.5. The Morgan fingerprint density at radius 2 is 1.88 bits per heavy atom. The number of imide groups is 1. The number of aliphatic carboxylic acids is 1. The minimum atomic E-state index is -1.02. The number of likely N-dealkylation sites (tertiary alicyclic amines) is 1. The van der Waals surface area contributed by atoms with Crippen molar-refractivity contribution in [1.29, 1.82) is 0 Å². The fourth-order valence-electron chi connectivity index (χ4n) is 2.41. The molecule has 1 N–H and O–H groups in total. The van der Waals surface area contributed by atoms with Crippen LogP contribution in [0.3, 0.4) is 0 Å². The first-order valence-corrected chi connectivity index (χ1v) is 5.66. The number of piperidine rings is 1. The van der Waals surface area contributed by atoms with Crippen molar-refractivity contribution >= 4 is 17.8 Å². The summed E-state index contributed by atoms with van der Waals surface area (Å²) in [7, 11) is 0. The summed E-state index contributed by atoms with van der Waals surface area (Å²) in [6.45, 7) is 2.03. The molecule has 2 amide bonds. The average Bonchev–Trinajstić information content (AvgIpc) is 2.64. The van der Waals surface area contributed by atoms with Gasteiger partial charge in [-0.1, -0.05) is 6.92 Å². The summed E-state index contributed by atoms with van der Waals surface area (Å²) in [5, 5.41) is 9.01. The zero-order chi connectivity index (χ0) is 12.6. The Kier molecular flexibility index (Phi) is 3.15. The van der Waals surface area contributed by atoms with Crippen LogP contribution in [0.15, 0.2) is 0 Å². The number of hydrogen-bond acceptors (Lipinski definition) is 4. The van der Waals surface area contributed by atoms with Crippen LogP contribution in [0.1, 0.15) is 19.8 Å². The van der Waals surface area contributed by atoms with Crippen molar-refractivity contribution in [2.45, 2.75) is 25.8 Å². The van der Waals surface area contributed by atoms with E-state index in [1.807, 2.05) is 6.92 Å².